The van der Waals surface area contributed by atoms with Crippen molar-refractivity contribution in [3.63, 3.8) is 0 Å². The SMILES string of the molecule is CC(C)CN(CC(=O)N1CCc2ccccc2C1C)C(=O)Nc1cccc(C#N)c1. The molecule has 2 aromatic carbocycles. The molecule has 6 nitrogen and oxygen atoms in total. The van der Waals surface area contributed by atoms with E-state index in [4.69, 9.17) is 5.26 Å². The smallest absolute Gasteiger partial charge is 0.322 e. The fourth-order valence-electron chi connectivity index (χ4n) is 3.90. The average molecular weight is 405 g/mol. The maximum absolute atomic E-state index is 13.1. The quantitative estimate of drug-likeness (QED) is 0.812. The van der Waals surface area contributed by atoms with Crippen molar-refractivity contribution in [2.75, 3.05) is 25.0 Å². The molecular formula is C24H28N4O2. The van der Waals surface area contributed by atoms with Gasteiger partial charge < -0.3 is 15.1 Å². The van der Waals surface area contributed by atoms with Gasteiger partial charge in [-0.25, -0.2) is 4.79 Å². The van der Waals surface area contributed by atoms with E-state index in [9.17, 15) is 9.59 Å². The zero-order chi connectivity index (χ0) is 21.7. The van der Waals surface area contributed by atoms with Crippen LogP contribution in [0.4, 0.5) is 10.5 Å². The fourth-order valence-corrected chi connectivity index (χ4v) is 3.90. The van der Waals surface area contributed by atoms with Crippen molar-refractivity contribution in [1.82, 2.24) is 9.80 Å². The molecule has 1 atom stereocenters. The molecule has 0 fully saturated rings. The van der Waals surface area contributed by atoms with Gasteiger partial charge in [-0.05, 0) is 48.6 Å². The second kappa shape index (κ2) is 9.45. The lowest BCUT2D eigenvalue weighted by atomic mass is 9.93. The molecule has 30 heavy (non-hydrogen) atoms. The maximum atomic E-state index is 13.1. The summed E-state index contributed by atoms with van der Waals surface area (Å²) in [6.07, 6.45) is 0.823. The number of nitrogens with one attached hydrogen (secondary N) is 1. The van der Waals surface area contributed by atoms with Crippen LogP contribution in [0.15, 0.2) is 48.5 Å². The molecule has 6 heteroatoms. The average Bonchev–Trinajstić information content (AvgIpc) is 2.73. The lowest BCUT2D eigenvalue weighted by Crippen LogP contribution is -2.48. The Morgan fingerprint density at radius 2 is 2.00 bits per heavy atom. The summed E-state index contributed by atoms with van der Waals surface area (Å²) >= 11 is 0. The minimum absolute atomic E-state index is 0.0151. The van der Waals surface area contributed by atoms with Crippen molar-refractivity contribution in [3.05, 3.63) is 65.2 Å². The number of hydrogen-bond donors (Lipinski definition) is 1. The Morgan fingerprint density at radius 1 is 1.23 bits per heavy atom. The summed E-state index contributed by atoms with van der Waals surface area (Å²) < 4.78 is 0. The molecule has 0 bridgehead atoms. The van der Waals surface area contributed by atoms with Gasteiger partial charge in [0.1, 0.15) is 6.54 Å². The van der Waals surface area contributed by atoms with Crippen LogP contribution in [0.2, 0.25) is 0 Å². The highest BCUT2D eigenvalue weighted by Gasteiger charge is 2.29. The zero-order valence-corrected chi connectivity index (χ0v) is 17.8. The Morgan fingerprint density at radius 3 is 2.73 bits per heavy atom. The summed E-state index contributed by atoms with van der Waals surface area (Å²) in [5, 5.41) is 11.9. The van der Waals surface area contributed by atoms with Crippen LogP contribution in [0.5, 0.6) is 0 Å². The molecule has 0 aliphatic carbocycles. The number of carbonyl (C=O) groups is 2. The number of anilines is 1. The predicted octanol–water partition coefficient (Wildman–Crippen LogP) is 4.19. The van der Waals surface area contributed by atoms with E-state index in [1.807, 2.05) is 37.8 Å². The van der Waals surface area contributed by atoms with Crippen LogP contribution < -0.4 is 5.32 Å². The summed E-state index contributed by atoms with van der Waals surface area (Å²) in [6, 6.07) is 16.7. The van der Waals surface area contributed by atoms with Crippen LogP contribution >= 0.6 is 0 Å². The number of urea groups is 1. The first kappa shape index (κ1) is 21.4. The van der Waals surface area contributed by atoms with E-state index in [0.29, 0.717) is 24.3 Å². The van der Waals surface area contributed by atoms with Gasteiger partial charge in [0.25, 0.3) is 0 Å². The van der Waals surface area contributed by atoms with Crippen molar-refractivity contribution in [3.8, 4) is 6.07 Å². The van der Waals surface area contributed by atoms with Gasteiger partial charge >= 0.3 is 6.03 Å². The number of rotatable bonds is 5. The highest BCUT2D eigenvalue weighted by Crippen LogP contribution is 2.29. The van der Waals surface area contributed by atoms with Crippen LogP contribution in [-0.4, -0.2) is 41.4 Å². The molecular weight excluding hydrogens is 376 g/mol. The van der Waals surface area contributed by atoms with Gasteiger partial charge in [0.2, 0.25) is 5.91 Å². The van der Waals surface area contributed by atoms with Crippen LogP contribution in [0.3, 0.4) is 0 Å². The molecule has 1 N–H and O–H groups in total. The van der Waals surface area contributed by atoms with Crippen LogP contribution in [0, 0.1) is 17.2 Å². The first-order valence-electron chi connectivity index (χ1n) is 10.3. The monoisotopic (exact) mass is 404 g/mol. The van der Waals surface area contributed by atoms with E-state index in [-0.39, 0.29) is 30.4 Å². The van der Waals surface area contributed by atoms with E-state index in [1.165, 1.54) is 11.1 Å². The fraction of sp³-hybridized carbons (Fsp3) is 0.375. The van der Waals surface area contributed by atoms with Gasteiger partial charge in [-0.2, -0.15) is 5.26 Å². The Bertz CT molecular complexity index is 964. The molecule has 0 spiro atoms. The second-order valence-electron chi connectivity index (χ2n) is 8.11. The predicted molar refractivity (Wildman–Crippen MR) is 117 cm³/mol. The Balaban J connectivity index is 1.72. The Hall–Kier alpha value is -3.33. The van der Waals surface area contributed by atoms with E-state index in [0.717, 1.165) is 6.42 Å². The summed E-state index contributed by atoms with van der Waals surface area (Å²) in [4.78, 5) is 29.5. The number of hydrogen-bond acceptors (Lipinski definition) is 3. The first-order valence-corrected chi connectivity index (χ1v) is 10.3. The number of carbonyl (C=O) groups excluding carboxylic acids is 2. The summed E-state index contributed by atoms with van der Waals surface area (Å²) in [5.41, 5.74) is 3.47. The molecule has 3 amide bonds. The summed E-state index contributed by atoms with van der Waals surface area (Å²) in [7, 11) is 0. The molecule has 1 unspecified atom stereocenters. The normalized spacial score (nSPS) is 15.3. The van der Waals surface area contributed by atoms with Gasteiger partial charge in [-0.1, -0.05) is 44.2 Å². The van der Waals surface area contributed by atoms with Crippen LogP contribution in [0.1, 0.15) is 43.5 Å². The molecule has 1 aliphatic heterocycles. The van der Waals surface area contributed by atoms with Gasteiger partial charge in [-0.15, -0.1) is 0 Å². The summed E-state index contributed by atoms with van der Waals surface area (Å²) in [6.45, 7) is 7.21. The second-order valence-corrected chi connectivity index (χ2v) is 8.11. The topological polar surface area (TPSA) is 76.4 Å². The number of fused-ring (bicyclic) bond motifs is 1. The van der Waals surface area contributed by atoms with E-state index < -0.39 is 0 Å². The van der Waals surface area contributed by atoms with Gasteiger partial charge in [-0.3, -0.25) is 4.79 Å². The first-order chi connectivity index (χ1) is 14.4. The lowest BCUT2D eigenvalue weighted by molar-refractivity contribution is -0.134. The van der Waals surface area contributed by atoms with Crippen molar-refractivity contribution in [1.29, 1.82) is 5.26 Å². The van der Waals surface area contributed by atoms with Crippen molar-refractivity contribution >= 4 is 17.6 Å². The summed E-state index contributed by atoms with van der Waals surface area (Å²) in [5.74, 6) is 0.159. The third-order valence-corrected chi connectivity index (χ3v) is 5.36. The molecule has 0 radical (unpaired) electrons. The number of benzene rings is 2. The standard InChI is InChI=1S/C24H28N4O2/c1-17(2)15-27(24(30)26-21-9-6-7-19(13-21)14-25)16-23(29)28-12-11-20-8-4-5-10-22(20)18(28)3/h4-10,13,17-18H,11-12,15-16H2,1-3H3,(H,26,30). The van der Waals surface area contributed by atoms with Gasteiger partial charge in [0.05, 0.1) is 17.7 Å². The Kier molecular flexibility index (Phi) is 6.73. The van der Waals surface area contributed by atoms with Crippen molar-refractivity contribution in [2.24, 2.45) is 5.92 Å². The maximum Gasteiger partial charge on any atom is 0.322 e. The van der Waals surface area contributed by atoms with Crippen LogP contribution in [-0.2, 0) is 11.2 Å². The third-order valence-electron chi connectivity index (χ3n) is 5.36. The molecule has 0 saturated heterocycles. The molecule has 2 aromatic rings. The molecule has 1 aliphatic rings. The van der Waals surface area contributed by atoms with Crippen molar-refractivity contribution < 1.29 is 9.59 Å². The highest BCUT2D eigenvalue weighted by atomic mass is 16.2. The van der Waals surface area contributed by atoms with Gasteiger partial charge in [0.15, 0.2) is 0 Å². The molecule has 156 valence electrons. The highest BCUT2D eigenvalue weighted by molar-refractivity contribution is 5.92. The third kappa shape index (κ3) is 4.98. The number of nitrogens with zero attached hydrogens (tertiary/aromatic N) is 3. The Labute approximate surface area is 178 Å². The lowest BCUT2D eigenvalue weighted by Gasteiger charge is -2.37. The molecule has 0 saturated carbocycles. The van der Waals surface area contributed by atoms with Crippen LogP contribution in [0.25, 0.3) is 0 Å². The van der Waals surface area contributed by atoms with Gasteiger partial charge in [0, 0.05) is 18.8 Å². The zero-order valence-electron chi connectivity index (χ0n) is 17.8. The van der Waals surface area contributed by atoms with E-state index in [1.54, 1.807) is 29.2 Å². The molecule has 3 rings (SSSR count). The van der Waals surface area contributed by atoms with Crippen molar-refractivity contribution in [2.45, 2.75) is 33.2 Å². The molecule has 1 heterocycles. The number of nitriles is 1. The largest absolute Gasteiger partial charge is 0.334 e. The minimum Gasteiger partial charge on any atom is -0.334 e. The minimum atomic E-state index is -0.336. The van der Waals surface area contributed by atoms with E-state index in [2.05, 4.69) is 23.5 Å². The number of amides is 3. The van der Waals surface area contributed by atoms with E-state index >= 15 is 0 Å². The molecule has 0 aromatic heterocycles.